The minimum absolute atomic E-state index is 0.139. The molecule has 4 aromatic rings. The van der Waals surface area contributed by atoms with Gasteiger partial charge in [0.25, 0.3) is 0 Å². The van der Waals surface area contributed by atoms with Crippen LogP contribution in [0.15, 0.2) is 48.8 Å². The third kappa shape index (κ3) is 7.68. The number of carbonyl (C=O) groups is 2. The zero-order chi connectivity index (χ0) is 26.2. The van der Waals surface area contributed by atoms with Crippen LogP contribution in [0.3, 0.4) is 0 Å². The molecule has 0 aromatic carbocycles. The minimum Gasteiger partial charge on any atom is -0.300 e. The number of anilines is 2. The molecule has 2 N–H and O–H groups in total. The molecule has 4 heterocycles. The van der Waals surface area contributed by atoms with Crippen molar-refractivity contribution in [1.29, 1.82) is 0 Å². The summed E-state index contributed by atoms with van der Waals surface area (Å²) in [4.78, 5) is 32.9. The first-order valence-corrected chi connectivity index (χ1v) is 14.3. The molecular weight excluding hydrogens is 520 g/mol. The van der Waals surface area contributed by atoms with Gasteiger partial charge in [-0.2, -0.15) is 0 Å². The van der Waals surface area contributed by atoms with Crippen LogP contribution in [0.5, 0.6) is 0 Å². The summed E-state index contributed by atoms with van der Waals surface area (Å²) >= 11 is 2.89. The average molecular weight is 549 g/mol. The standard InChI is InChI=1S/C26H28N8O2S2/c35-21(15-19-5-1-3-11-27-19)29-25-33-31-23(37-25)13-17-7-9-18(10-8-17)14-24-32-34-26(38-24)30-22(36)16-20-6-2-4-12-28-20/h1-6,11-12,17-18H,7-10,13-16H2,(H,29,33,35)(H,30,34,36). The van der Waals surface area contributed by atoms with Crippen LogP contribution in [0, 0.1) is 11.8 Å². The Morgan fingerprint density at radius 3 is 1.53 bits per heavy atom. The molecule has 0 saturated heterocycles. The monoisotopic (exact) mass is 548 g/mol. The fourth-order valence-corrected chi connectivity index (χ4v) is 6.31. The molecular formula is C26H28N8O2S2. The van der Waals surface area contributed by atoms with Gasteiger partial charge in [0, 0.05) is 36.6 Å². The zero-order valence-corrected chi connectivity index (χ0v) is 22.4. The van der Waals surface area contributed by atoms with Gasteiger partial charge in [-0.05, 0) is 61.8 Å². The first-order chi connectivity index (χ1) is 18.6. The molecule has 2 amide bonds. The Labute approximate surface area is 228 Å². The van der Waals surface area contributed by atoms with Crippen molar-refractivity contribution in [3.8, 4) is 0 Å². The number of pyridine rings is 2. The van der Waals surface area contributed by atoms with Gasteiger partial charge in [-0.25, -0.2) is 0 Å². The van der Waals surface area contributed by atoms with E-state index in [1.807, 2.05) is 36.4 Å². The predicted octanol–water partition coefficient (Wildman–Crippen LogP) is 4.13. The maximum atomic E-state index is 12.3. The van der Waals surface area contributed by atoms with Crippen molar-refractivity contribution in [2.24, 2.45) is 11.8 Å². The summed E-state index contributed by atoms with van der Waals surface area (Å²) in [5.41, 5.74) is 1.45. The molecule has 12 heteroatoms. The van der Waals surface area contributed by atoms with Crippen LogP contribution in [0.25, 0.3) is 0 Å². The molecule has 5 rings (SSSR count). The molecule has 10 nitrogen and oxygen atoms in total. The van der Waals surface area contributed by atoms with Crippen molar-refractivity contribution in [3.05, 3.63) is 70.2 Å². The van der Waals surface area contributed by atoms with Crippen LogP contribution < -0.4 is 10.6 Å². The fraction of sp³-hybridized carbons (Fsp3) is 0.385. The first-order valence-electron chi connectivity index (χ1n) is 12.6. The van der Waals surface area contributed by atoms with Gasteiger partial charge in [0.2, 0.25) is 22.1 Å². The quantitative estimate of drug-likeness (QED) is 0.302. The van der Waals surface area contributed by atoms with Crippen LogP contribution in [0.4, 0.5) is 10.3 Å². The molecule has 1 aliphatic carbocycles. The predicted molar refractivity (Wildman–Crippen MR) is 146 cm³/mol. The van der Waals surface area contributed by atoms with Crippen molar-refractivity contribution in [3.63, 3.8) is 0 Å². The smallest absolute Gasteiger partial charge is 0.232 e. The second-order valence-electron chi connectivity index (χ2n) is 9.39. The van der Waals surface area contributed by atoms with Crippen LogP contribution >= 0.6 is 22.7 Å². The molecule has 38 heavy (non-hydrogen) atoms. The Morgan fingerprint density at radius 2 is 1.13 bits per heavy atom. The van der Waals surface area contributed by atoms with E-state index in [-0.39, 0.29) is 24.7 Å². The Kier molecular flexibility index (Phi) is 8.71. The van der Waals surface area contributed by atoms with Gasteiger partial charge in [0.1, 0.15) is 10.0 Å². The molecule has 0 radical (unpaired) electrons. The number of nitrogens with zero attached hydrogens (tertiary/aromatic N) is 6. The Morgan fingerprint density at radius 1 is 0.684 bits per heavy atom. The van der Waals surface area contributed by atoms with Gasteiger partial charge in [-0.3, -0.25) is 19.6 Å². The van der Waals surface area contributed by atoms with Crippen molar-refractivity contribution >= 4 is 44.8 Å². The highest BCUT2D eigenvalue weighted by atomic mass is 32.1. The van der Waals surface area contributed by atoms with Crippen molar-refractivity contribution in [2.75, 3.05) is 10.6 Å². The molecule has 0 bridgehead atoms. The van der Waals surface area contributed by atoms with E-state index in [2.05, 4.69) is 41.0 Å². The Balaban J connectivity index is 1.02. The summed E-state index contributed by atoms with van der Waals surface area (Å²) in [5, 5.41) is 25.5. The Hall–Kier alpha value is -3.64. The second kappa shape index (κ2) is 12.7. The highest BCUT2D eigenvalue weighted by Crippen LogP contribution is 2.34. The van der Waals surface area contributed by atoms with E-state index in [4.69, 9.17) is 0 Å². The largest absolute Gasteiger partial charge is 0.300 e. The second-order valence-corrected chi connectivity index (χ2v) is 11.5. The minimum atomic E-state index is -0.139. The average Bonchev–Trinajstić information content (AvgIpc) is 3.55. The molecule has 1 saturated carbocycles. The van der Waals surface area contributed by atoms with Crippen LogP contribution in [0.2, 0.25) is 0 Å². The maximum Gasteiger partial charge on any atom is 0.232 e. The third-order valence-electron chi connectivity index (χ3n) is 6.45. The third-order valence-corrected chi connectivity index (χ3v) is 8.18. The summed E-state index contributed by atoms with van der Waals surface area (Å²) in [6.45, 7) is 0. The topological polar surface area (TPSA) is 136 Å². The molecule has 196 valence electrons. The van der Waals surface area contributed by atoms with Crippen molar-refractivity contribution < 1.29 is 9.59 Å². The number of hydrogen-bond acceptors (Lipinski definition) is 10. The molecule has 1 aliphatic rings. The van der Waals surface area contributed by atoms with E-state index in [1.165, 1.54) is 22.7 Å². The lowest BCUT2D eigenvalue weighted by molar-refractivity contribution is -0.116. The molecule has 1 fully saturated rings. The lowest BCUT2D eigenvalue weighted by Gasteiger charge is -2.27. The van der Waals surface area contributed by atoms with E-state index in [1.54, 1.807) is 12.4 Å². The van der Waals surface area contributed by atoms with Crippen molar-refractivity contribution in [2.45, 2.75) is 51.4 Å². The van der Waals surface area contributed by atoms with Gasteiger partial charge in [0.15, 0.2) is 0 Å². The summed E-state index contributed by atoms with van der Waals surface area (Å²) in [5.74, 6) is 0.846. The molecule has 0 atom stereocenters. The number of nitrogens with one attached hydrogen (secondary N) is 2. The summed E-state index contributed by atoms with van der Waals surface area (Å²) in [6, 6.07) is 11.0. The number of hydrogen-bond donors (Lipinski definition) is 2. The highest BCUT2D eigenvalue weighted by molar-refractivity contribution is 7.15. The maximum absolute atomic E-state index is 12.3. The van der Waals surface area contributed by atoms with Crippen LogP contribution in [-0.4, -0.2) is 42.2 Å². The van der Waals surface area contributed by atoms with E-state index >= 15 is 0 Å². The highest BCUT2D eigenvalue weighted by Gasteiger charge is 2.24. The van der Waals surface area contributed by atoms with Gasteiger partial charge in [0.05, 0.1) is 12.8 Å². The fourth-order valence-electron chi connectivity index (χ4n) is 4.57. The summed E-state index contributed by atoms with van der Waals surface area (Å²) < 4.78 is 0. The van der Waals surface area contributed by atoms with E-state index in [0.717, 1.165) is 59.9 Å². The van der Waals surface area contributed by atoms with Crippen LogP contribution in [-0.2, 0) is 35.3 Å². The molecule has 0 aliphatic heterocycles. The van der Waals surface area contributed by atoms with Gasteiger partial charge in [-0.15, -0.1) is 20.4 Å². The molecule has 0 unspecified atom stereocenters. The SMILES string of the molecule is O=C(Cc1ccccn1)Nc1nnc(CC2CCC(Cc3nnc(NC(=O)Cc4ccccn4)s3)CC2)s1. The first kappa shape index (κ1) is 26.0. The molecule has 0 spiro atoms. The summed E-state index contributed by atoms with van der Waals surface area (Å²) in [6.07, 6.45) is 10.0. The lowest BCUT2D eigenvalue weighted by Crippen LogP contribution is -2.18. The number of carbonyl (C=O) groups excluding carboxylic acids is 2. The van der Waals surface area contributed by atoms with E-state index < -0.39 is 0 Å². The zero-order valence-electron chi connectivity index (χ0n) is 20.7. The van der Waals surface area contributed by atoms with Crippen LogP contribution in [0.1, 0.15) is 47.1 Å². The lowest BCUT2D eigenvalue weighted by atomic mass is 9.79. The Bertz CT molecular complexity index is 1230. The van der Waals surface area contributed by atoms with Crippen molar-refractivity contribution in [1.82, 2.24) is 30.4 Å². The van der Waals surface area contributed by atoms with E-state index in [0.29, 0.717) is 22.1 Å². The molecule has 4 aromatic heterocycles. The van der Waals surface area contributed by atoms with E-state index in [9.17, 15) is 9.59 Å². The van der Waals surface area contributed by atoms with Gasteiger partial charge < -0.3 is 10.6 Å². The number of amides is 2. The summed E-state index contributed by atoms with van der Waals surface area (Å²) in [7, 11) is 0. The number of aromatic nitrogens is 6. The van der Waals surface area contributed by atoms with Gasteiger partial charge >= 0.3 is 0 Å². The number of rotatable bonds is 10. The normalized spacial score (nSPS) is 17.2. The van der Waals surface area contributed by atoms with Gasteiger partial charge in [-0.1, -0.05) is 34.8 Å².